The van der Waals surface area contributed by atoms with Gasteiger partial charge in [0.2, 0.25) is 0 Å². The first-order chi connectivity index (χ1) is 7.61. The van der Waals surface area contributed by atoms with E-state index in [0.717, 1.165) is 18.1 Å². The lowest BCUT2D eigenvalue weighted by Gasteiger charge is -1.94. The average molecular weight is 222 g/mol. The number of para-hydroxylation sites is 1. The molecule has 0 heterocycles. The number of aromatic hydroxyl groups is 1. The Morgan fingerprint density at radius 1 is 1.50 bits per heavy atom. The topological polar surface area (TPSA) is 46.5 Å². The highest BCUT2D eigenvalue weighted by molar-refractivity contribution is 5.81. The number of rotatable bonds is 3. The van der Waals surface area contributed by atoms with Crippen LogP contribution in [0, 0.1) is 6.92 Å². The van der Waals surface area contributed by atoms with Gasteiger partial charge in [0.15, 0.2) is 0 Å². The quantitative estimate of drug-likeness (QED) is 0.632. The minimum absolute atomic E-state index is 0.341. The summed E-state index contributed by atoms with van der Waals surface area (Å²) in [4.78, 5) is 10.2. The highest BCUT2D eigenvalue weighted by atomic mass is 16.5. The predicted molar refractivity (Wildman–Crippen MR) is 64.3 cm³/mol. The number of ether oxygens (including phenoxy) is 1. The Labute approximate surface area is 96.4 Å². The van der Waals surface area contributed by atoms with Crippen LogP contribution in [0.25, 0.3) is 0 Å². The first-order valence-corrected chi connectivity index (χ1v) is 5.15. The maximum atomic E-state index is 10.2. The van der Waals surface area contributed by atoms with Gasteiger partial charge >= 0.3 is 5.97 Å². The molecule has 0 atom stereocenters. The van der Waals surface area contributed by atoms with Gasteiger partial charge < -0.3 is 9.84 Å². The Bertz CT molecular complexity index is 311. The zero-order valence-electron chi connectivity index (χ0n) is 9.77. The van der Waals surface area contributed by atoms with Crippen LogP contribution < -0.4 is 0 Å². The van der Waals surface area contributed by atoms with Crippen LogP contribution in [0.5, 0.6) is 5.75 Å². The highest BCUT2D eigenvalue weighted by Gasteiger charge is 1.89. The number of phenolic OH excluding ortho intramolecular Hbond substituents is 1. The number of hydrogen-bond donors (Lipinski definition) is 1. The molecule has 0 aliphatic rings. The summed E-state index contributed by atoms with van der Waals surface area (Å²) < 4.78 is 4.58. The lowest BCUT2D eigenvalue weighted by atomic mass is 10.2. The van der Waals surface area contributed by atoms with Crippen LogP contribution in [-0.2, 0) is 9.53 Å². The van der Waals surface area contributed by atoms with Gasteiger partial charge in [0, 0.05) is 6.08 Å². The van der Waals surface area contributed by atoms with E-state index < -0.39 is 0 Å². The van der Waals surface area contributed by atoms with Crippen LogP contribution in [-0.4, -0.2) is 17.7 Å². The molecule has 1 aromatic carbocycles. The Morgan fingerprint density at radius 2 is 2.12 bits per heavy atom. The molecule has 0 saturated heterocycles. The third-order valence-corrected chi connectivity index (χ3v) is 1.73. The highest BCUT2D eigenvalue weighted by Crippen LogP contribution is 2.12. The molecular formula is C13H18O3. The second-order valence-corrected chi connectivity index (χ2v) is 3.16. The molecule has 0 aromatic heterocycles. The van der Waals surface area contributed by atoms with E-state index in [9.17, 15) is 4.79 Å². The van der Waals surface area contributed by atoms with Gasteiger partial charge in [-0.15, -0.1) is 0 Å². The molecule has 3 nitrogen and oxygen atoms in total. The van der Waals surface area contributed by atoms with Crippen molar-refractivity contribution in [2.75, 3.05) is 6.61 Å². The van der Waals surface area contributed by atoms with Crippen molar-refractivity contribution in [2.45, 2.75) is 20.3 Å². The van der Waals surface area contributed by atoms with E-state index in [2.05, 4.69) is 11.3 Å². The maximum Gasteiger partial charge on any atom is 0.330 e. The molecule has 88 valence electrons. The summed E-state index contributed by atoms with van der Waals surface area (Å²) in [5.74, 6) is 0.0272. The minimum Gasteiger partial charge on any atom is -0.508 e. The summed E-state index contributed by atoms with van der Waals surface area (Å²) in [6.45, 7) is 7.54. The zero-order valence-corrected chi connectivity index (χ0v) is 9.77. The van der Waals surface area contributed by atoms with Crippen molar-refractivity contribution in [3.63, 3.8) is 0 Å². The molecule has 1 rings (SSSR count). The van der Waals surface area contributed by atoms with Crippen molar-refractivity contribution < 1.29 is 14.6 Å². The SMILES string of the molecule is C=CC(=O)OCCC.Cc1ccccc1O. The molecule has 0 unspecified atom stereocenters. The first kappa shape index (κ1) is 14.2. The summed E-state index contributed by atoms with van der Waals surface area (Å²) in [6, 6.07) is 7.25. The van der Waals surface area contributed by atoms with Gasteiger partial charge in [-0.25, -0.2) is 4.79 Å². The molecule has 3 heteroatoms. The van der Waals surface area contributed by atoms with Gasteiger partial charge in [-0.2, -0.15) is 0 Å². The number of carbonyl (C=O) groups excluding carboxylic acids is 1. The van der Waals surface area contributed by atoms with Crippen LogP contribution in [0.3, 0.4) is 0 Å². The minimum atomic E-state index is -0.341. The van der Waals surface area contributed by atoms with Crippen molar-refractivity contribution in [1.82, 2.24) is 0 Å². The van der Waals surface area contributed by atoms with E-state index in [-0.39, 0.29) is 5.97 Å². The van der Waals surface area contributed by atoms with Crippen LogP contribution in [0.1, 0.15) is 18.9 Å². The maximum absolute atomic E-state index is 10.2. The van der Waals surface area contributed by atoms with E-state index in [1.165, 1.54) is 0 Å². The number of benzene rings is 1. The molecule has 1 N–H and O–H groups in total. The number of esters is 1. The Morgan fingerprint density at radius 3 is 2.50 bits per heavy atom. The van der Waals surface area contributed by atoms with E-state index in [1.807, 2.05) is 32.0 Å². The molecule has 0 amide bonds. The summed E-state index contributed by atoms with van der Waals surface area (Å²) in [6.07, 6.45) is 2.02. The lowest BCUT2D eigenvalue weighted by molar-refractivity contribution is -0.137. The normalized spacial score (nSPS) is 8.62. The molecule has 0 aliphatic carbocycles. The summed E-state index contributed by atoms with van der Waals surface area (Å²) in [7, 11) is 0. The molecule has 1 aromatic rings. The summed E-state index contributed by atoms with van der Waals surface area (Å²) >= 11 is 0. The van der Waals surface area contributed by atoms with Crippen molar-refractivity contribution in [3.05, 3.63) is 42.5 Å². The average Bonchev–Trinajstić information content (AvgIpc) is 2.30. The third-order valence-electron chi connectivity index (χ3n) is 1.73. The summed E-state index contributed by atoms with van der Waals surface area (Å²) in [5.41, 5.74) is 0.924. The van der Waals surface area contributed by atoms with Gasteiger partial charge in [0.05, 0.1) is 6.61 Å². The molecule has 16 heavy (non-hydrogen) atoms. The number of aryl methyl sites for hydroxylation is 1. The molecule has 0 spiro atoms. The standard InChI is InChI=1S/C7H8O.C6H10O2/c1-6-4-2-3-5-7(6)8;1-3-5-8-6(7)4-2/h2-5,8H,1H3;4H,2-3,5H2,1H3. The fraction of sp³-hybridized carbons (Fsp3) is 0.308. The second-order valence-electron chi connectivity index (χ2n) is 3.16. The second kappa shape index (κ2) is 8.53. The molecule has 0 aliphatic heterocycles. The van der Waals surface area contributed by atoms with Crippen LogP contribution in [0.15, 0.2) is 36.9 Å². The largest absolute Gasteiger partial charge is 0.508 e. The van der Waals surface area contributed by atoms with Crippen LogP contribution in [0.2, 0.25) is 0 Å². The number of hydrogen-bond acceptors (Lipinski definition) is 3. The van der Waals surface area contributed by atoms with Crippen molar-refractivity contribution in [2.24, 2.45) is 0 Å². The molecule has 0 radical (unpaired) electrons. The monoisotopic (exact) mass is 222 g/mol. The van der Waals surface area contributed by atoms with Gasteiger partial charge in [0.1, 0.15) is 5.75 Å². The van der Waals surface area contributed by atoms with Crippen molar-refractivity contribution >= 4 is 5.97 Å². The van der Waals surface area contributed by atoms with E-state index >= 15 is 0 Å². The van der Waals surface area contributed by atoms with Gasteiger partial charge in [0.25, 0.3) is 0 Å². The Balaban J connectivity index is 0.000000281. The third kappa shape index (κ3) is 6.65. The smallest absolute Gasteiger partial charge is 0.330 e. The first-order valence-electron chi connectivity index (χ1n) is 5.15. The number of carbonyl (C=O) groups is 1. The molecule has 0 saturated carbocycles. The molecule has 0 bridgehead atoms. The Hall–Kier alpha value is -1.77. The lowest BCUT2D eigenvalue weighted by Crippen LogP contribution is -1.99. The van der Waals surface area contributed by atoms with E-state index in [0.29, 0.717) is 12.4 Å². The molecular weight excluding hydrogens is 204 g/mol. The van der Waals surface area contributed by atoms with Crippen molar-refractivity contribution in [1.29, 1.82) is 0 Å². The number of phenols is 1. The van der Waals surface area contributed by atoms with Gasteiger partial charge in [-0.3, -0.25) is 0 Å². The van der Waals surface area contributed by atoms with Gasteiger partial charge in [-0.05, 0) is 25.0 Å². The fourth-order valence-corrected chi connectivity index (χ4v) is 0.825. The predicted octanol–water partition coefficient (Wildman–Crippen LogP) is 2.83. The van der Waals surface area contributed by atoms with Gasteiger partial charge in [-0.1, -0.05) is 31.7 Å². The zero-order chi connectivity index (χ0) is 12.4. The van der Waals surface area contributed by atoms with Crippen molar-refractivity contribution in [3.8, 4) is 5.75 Å². The van der Waals surface area contributed by atoms with Crippen LogP contribution >= 0.6 is 0 Å². The Kier molecular flexibility index (Phi) is 7.59. The molecule has 0 fully saturated rings. The van der Waals surface area contributed by atoms with E-state index in [1.54, 1.807) is 6.07 Å². The summed E-state index contributed by atoms with van der Waals surface area (Å²) in [5, 5.41) is 8.92. The fourth-order valence-electron chi connectivity index (χ4n) is 0.825. The van der Waals surface area contributed by atoms with Crippen LogP contribution in [0.4, 0.5) is 0 Å². The van der Waals surface area contributed by atoms with E-state index in [4.69, 9.17) is 5.11 Å².